The van der Waals surface area contributed by atoms with Crippen LogP contribution in [-0.2, 0) is 19.1 Å². The number of hydrogen-bond donors (Lipinski definition) is 2. The molecule has 292 valence electrons. The number of aryl methyl sites for hydroxylation is 2. The average molecular weight is 763 g/mol. The van der Waals surface area contributed by atoms with Crippen LogP contribution >= 0.6 is 0 Å². The number of carbonyl (C=O) groups is 2. The lowest BCUT2D eigenvalue weighted by atomic mass is 9.98. The Hall–Kier alpha value is -6.24. The van der Waals surface area contributed by atoms with E-state index in [9.17, 15) is 19.2 Å². The Bertz CT molecular complexity index is 2250. The fraction of sp³-hybridized carbons (Fsp3) is 0.273. The quantitative estimate of drug-likeness (QED) is 0.116. The maximum atomic E-state index is 12.1. The number of methoxy groups -OCH3 is 2. The van der Waals surface area contributed by atoms with Crippen LogP contribution in [0.3, 0.4) is 0 Å². The Morgan fingerprint density at radius 1 is 0.571 bits per heavy atom. The number of fused-ring (bicyclic) bond motifs is 2. The summed E-state index contributed by atoms with van der Waals surface area (Å²) in [7, 11) is 3.01. The zero-order valence-corrected chi connectivity index (χ0v) is 32.3. The van der Waals surface area contributed by atoms with E-state index in [1.54, 1.807) is 24.3 Å². The van der Waals surface area contributed by atoms with E-state index in [0.717, 1.165) is 44.2 Å². The molecule has 0 bridgehead atoms. The Balaban J connectivity index is 0.000000214. The minimum atomic E-state index is -0.798. The first-order valence-electron chi connectivity index (χ1n) is 18.2. The van der Waals surface area contributed by atoms with E-state index in [0.29, 0.717) is 35.8 Å². The van der Waals surface area contributed by atoms with E-state index >= 15 is 0 Å². The maximum Gasteiger partial charge on any atom is 0.336 e. The van der Waals surface area contributed by atoms with Crippen LogP contribution in [0.15, 0.2) is 115 Å². The molecule has 2 N–H and O–H groups in total. The fourth-order valence-electron chi connectivity index (χ4n) is 6.16. The van der Waals surface area contributed by atoms with Gasteiger partial charge in [-0.05, 0) is 74.2 Å². The number of amides is 2. The number of carbonyl (C=O) groups excluding carboxylic acids is 2. The molecule has 0 saturated carbocycles. The molecule has 0 aliphatic heterocycles. The number of rotatable bonds is 14. The van der Waals surface area contributed by atoms with Gasteiger partial charge in [-0.25, -0.2) is 9.59 Å². The van der Waals surface area contributed by atoms with Gasteiger partial charge in [-0.3, -0.25) is 9.59 Å². The standard InChI is InChI=1S/2C22H23NO5/c2*1-4-23-22(25)20(13-26-3)27-15-9-10-17-18(12-21(24)28-19(17)11-15)16-8-6-5-7-14(16)2/h2*5-12,20H,4,13H2,1-3H3,(H,23,25). The van der Waals surface area contributed by atoms with Crippen LogP contribution in [0.4, 0.5) is 0 Å². The zero-order chi connectivity index (χ0) is 40.2. The molecule has 2 aromatic heterocycles. The molecule has 2 heterocycles. The Kier molecular flexibility index (Phi) is 14.2. The lowest BCUT2D eigenvalue weighted by Crippen LogP contribution is -2.41. The van der Waals surface area contributed by atoms with Crippen LogP contribution in [0.1, 0.15) is 25.0 Å². The predicted octanol–water partition coefficient (Wildman–Crippen LogP) is 6.60. The third-order valence-corrected chi connectivity index (χ3v) is 8.78. The van der Waals surface area contributed by atoms with E-state index in [4.69, 9.17) is 27.8 Å². The lowest BCUT2D eigenvalue weighted by Gasteiger charge is -2.18. The van der Waals surface area contributed by atoms with Gasteiger partial charge in [0.05, 0.1) is 13.2 Å². The average Bonchev–Trinajstić information content (AvgIpc) is 3.17. The van der Waals surface area contributed by atoms with Crippen LogP contribution in [-0.4, -0.2) is 64.5 Å². The number of hydrogen-bond acceptors (Lipinski definition) is 10. The molecule has 0 radical (unpaired) electrons. The lowest BCUT2D eigenvalue weighted by molar-refractivity contribution is -0.130. The third-order valence-electron chi connectivity index (χ3n) is 8.78. The molecular weight excluding hydrogens is 716 g/mol. The third kappa shape index (κ3) is 10.1. The maximum absolute atomic E-state index is 12.1. The van der Waals surface area contributed by atoms with Crippen molar-refractivity contribution in [2.24, 2.45) is 0 Å². The number of ether oxygens (including phenoxy) is 4. The SMILES string of the molecule is CCNC(=O)C(COC)Oc1ccc2c(-c3ccccc3C)cc(=O)oc2c1.CCNC(=O)C(COC)Oc1ccc2c(-c3ccccc3C)cc(=O)oc2c1. The monoisotopic (exact) mass is 762 g/mol. The highest BCUT2D eigenvalue weighted by atomic mass is 16.5. The minimum absolute atomic E-state index is 0.108. The van der Waals surface area contributed by atoms with Crippen molar-refractivity contribution in [2.45, 2.75) is 39.9 Å². The van der Waals surface area contributed by atoms with Crippen LogP contribution in [0.5, 0.6) is 11.5 Å². The largest absolute Gasteiger partial charge is 0.478 e. The molecule has 2 unspecified atom stereocenters. The van der Waals surface area contributed by atoms with E-state index in [1.165, 1.54) is 26.4 Å². The van der Waals surface area contributed by atoms with Crippen molar-refractivity contribution in [3.05, 3.63) is 129 Å². The second-order valence-electron chi connectivity index (χ2n) is 12.8. The number of benzene rings is 4. The summed E-state index contributed by atoms with van der Waals surface area (Å²) < 4.78 is 32.5. The van der Waals surface area contributed by atoms with Crippen LogP contribution in [0.2, 0.25) is 0 Å². The molecule has 12 heteroatoms. The van der Waals surface area contributed by atoms with Gasteiger partial charge in [-0.15, -0.1) is 0 Å². The molecule has 0 saturated heterocycles. The van der Waals surface area contributed by atoms with Crippen molar-refractivity contribution >= 4 is 33.8 Å². The van der Waals surface area contributed by atoms with Crippen molar-refractivity contribution in [2.75, 3.05) is 40.5 Å². The summed E-state index contributed by atoms with van der Waals surface area (Å²) in [6.07, 6.45) is -1.60. The Morgan fingerprint density at radius 3 is 1.32 bits per heavy atom. The van der Waals surface area contributed by atoms with Crippen LogP contribution < -0.4 is 31.4 Å². The molecule has 56 heavy (non-hydrogen) atoms. The molecule has 0 fully saturated rings. The van der Waals surface area contributed by atoms with Gasteiger partial charge in [0.25, 0.3) is 11.8 Å². The van der Waals surface area contributed by atoms with Gasteiger partial charge in [-0.2, -0.15) is 0 Å². The first-order chi connectivity index (χ1) is 27.1. The highest BCUT2D eigenvalue weighted by Crippen LogP contribution is 2.33. The van der Waals surface area contributed by atoms with E-state index in [-0.39, 0.29) is 25.0 Å². The van der Waals surface area contributed by atoms with Crippen molar-refractivity contribution in [3.63, 3.8) is 0 Å². The van der Waals surface area contributed by atoms with Crippen molar-refractivity contribution in [1.29, 1.82) is 0 Å². The normalized spacial score (nSPS) is 12.0. The first-order valence-corrected chi connectivity index (χ1v) is 18.2. The van der Waals surface area contributed by atoms with E-state index in [1.807, 2.05) is 88.4 Å². The van der Waals surface area contributed by atoms with Gasteiger partial charge >= 0.3 is 11.3 Å². The van der Waals surface area contributed by atoms with Crippen LogP contribution in [0, 0.1) is 13.8 Å². The van der Waals surface area contributed by atoms with Gasteiger partial charge in [0.2, 0.25) is 0 Å². The van der Waals surface area contributed by atoms with E-state index in [2.05, 4.69) is 10.6 Å². The first kappa shape index (κ1) is 40.9. The molecule has 6 aromatic rings. The van der Waals surface area contributed by atoms with Gasteiger partial charge in [-0.1, -0.05) is 48.5 Å². The van der Waals surface area contributed by atoms with Crippen LogP contribution in [0.25, 0.3) is 44.2 Å². The van der Waals surface area contributed by atoms with Crippen molar-refractivity contribution in [1.82, 2.24) is 10.6 Å². The molecule has 6 rings (SSSR count). The summed E-state index contributed by atoms with van der Waals surface area (Å²) in [5.41, 5.74) is 5.56. The number of nitrogens with one attached hydrogen (secondary N) is 2. The fourth-order valence-corrected chi connectivity index (χ4v) is 6.16. The summed E-state index contributed by atoms with van der Waals surface area (Å²) in [4.78, 5) is 48.5. The highest BCUT2D eigenvalue weighted by molar-refractivity contribution is 5.95. The molecule has 4 aromatic carbocycles. The number of likely N-dealkylation sites (N-methyl/N-ethyl adjacent to an activating group) is 2. The van der Waals surface area contributed by atoms with Gasteiger partial charge < -0.3 is 38.4 Å². The van der Waals surface area contributed by atoms with Crippen molar-refractivity contribution in [3.8, 4) is 33.8 Å². The molecule has 2 amide bonds. The topological polar surface area (TPSA) is 156 Å². The highest BCUT2D eigenvalue weighted by Gasteiger charge is 2.22. The summed E-state index contributed by atoms with van der Waals surface area (Å²) >= 11 is 0. The van der Waals surface area contributed by atoms with Gasteiger partial charge in [0.1, 0.15) is 22.7 Å². The molecular formula is C44H46N2O10. The summed E-state index contributed by atoms with van der Waals surface area (Å²) in [5, 5.41) is 7.02. The van der Waals surface area contributed by atoms with Crippen molar-refractivity contribution < 1.29 is 37.4 Å². The molecule has 0 aliphatic carbocycles. The minimum Gasteiger partial charge on any atom is -0.478 e. The molecule has 0 spiro atoms. The van der Waals surface area contributed by atoms with E-state index < -0.39 is 23.5 Å². The zero-order valence-electron chi connectivity index (χ0n) is 32.3. The summed E-state index contributed by atoms with van der Waals surface area (Å²) in [5.74, 6) is 0.316. The summed E-state index contributed by atoms with van der Waals surface area (Å²) in [6, 6.07) is 29.1. The van der Waals surface area contributed by atoms with Gasteiger partial charge in [0, 0.05) is 73.5 Å². The molecule has 2 atom stereocenters. The molecule has 12 nitrogen and oxygen atoms in total. The second-order valence-corrected chi connectivity index (χ2v) is 12.8. The Morgan fingerprint density at radius 2 is 0.964 bits per heavy atom. The smallest absolute Gasteiger partial charge is 0.336 e. The molecule has 0 aliphatic rings. The summed E-state index contributed by atoms with van der Waals surface area (Å²) in [6.45, 7) is 8.86. The second kappa shape index (κ2) is 19.4. The Labute approximate surface area is 324 Å². The van der Waals surface area contributed by atoms with Gasteiger partial charge in [0.15, 0.2) is 12.2 Å². The predicted molar refractivity (Wildman–Crippen MR) is 215 cm³/mol.